The van der Waals surface area contributed by atoms with Crippen molar-refractivity contribution in [2.75, 3.05) is 11.9 Å². The maximum Gasteiger partial charge on any atom is 0.255 e. The van der Waals surface area contributed by atoms with E-state index < -0.39 is 0 Å². The average molecular weight is 337 g/mol. The Morgan fingerprint density at radius 1 is 1.24 bits per heavy atom. The van der Waals surface area contributed by atoms with Crippen LogP contribution in [0.4, 0.5) is 5.69 Å². The number of aryl methyl sites for hydroxylation is 3. The second-order valence-electron chi connectivity index (χ2n) is 7.15. The quantitative estimate of drug-likeness (QED) is 0.907. The number of aromatic nitrogens is 1. The molecule has 1 amide bonds. The fraction of sp³-hybridized carbons (Fsp3) is 0.429. The Kier molecular flexibility index (Phi) is 5.19. The van der Waals surface area contributed by atoms with E-state index in [0.717, 1.165) is 29.2 Å². The van der Waals surface area contributed by atoms with Gasteiger partial charge in [-0.1, -0.05) is 12.1 Å². The number of benzene rings is 1. The van der Waals surface area contributed by atoms with E-state index in [2.05, 4.69) is 34.3 Å². The lowest BCUT2D eigenvalue weighted by atomic mass is 10.1. The minimum Gasteiger partial charge on any atom is -0.320 e. The number of rotatable bonds is 4. The summed E-state index contributed by atoms with van der Waals surface area (Å²) < 4.78 is 0. The van der Waals surface area contributed by atoms with Crippen molar-refractivity contribution in [1.29, 1.82) is 0 Å². The van der Waals surface area contributed by atoms with Gasteiger partial charge in [-0.25, -0.2) is 0 Å². The highest BCUT2D eigenvalue weighted by atomic mass is 16.1. The number of carbonyl (C=O) groups is 1. The molecule has 0 spiro atoms. The van der Waals surface area contributed by atoms with Crippen LogP contribution in [0.25, 0.3) is 0 Å². The number of anilines is 1. The van der Waals surface area contributed by atoms with Crippen LogP contribution in [0.1, 0.15) is 52.6 Å². The summed E-state index contributed by atoms with van der Waals surface area (Å²) >= 11 is 0. The first-order valence-corrected chi connectivity index (χ1v) is 9.03. The first kappa shape index (κ1) is 17.6. The van der Waals surface area contributed by atoms with Crippen LogP contribution in [0, 0.1) is 20.8 Å². The maximum atomic E-state index is 12.6. The summed E-state index contributed by atoms with van der Waals surface area (Å²) in [6.07, 6.45) is 2.56. The zero-order chi connectivity index (χ0) is 18.0. The Balaban J connectivity index is 1.69. The lowest BCUT2D eigenvalue weighted by molar-refractivity contribution is 0.102. The van der Waals surface area contributed by atoms with E-state index >= 15 is 0 Å². The summed E-state index contributed by atoms with van der Waals surface area (Å²) in [6, 6.07) is 10.6. The normalized spacial score (nSPS) is 17.7. The Morgan fingerprint density at radius 2 is 1.96 bits per heavy atom. The number of likely N-dealkylation sites (tertiary alicyclic amines) is 1. The van der Waals surface area contributed by atoms with Gasteiger partial charge in [-0.05, 0) is 76.4 Å². The number of nitrogens with zero attached hydrogens (tertiary/aromatic N) is 2. The van der Waals surface area contributed by atoms with Crippen LogP contribution in [0.5, 0.6) is 0 Å². The number of hydrogen-bond acceptors (Lipinski definition) is 3. The Labute approximate surface area is 150 Å². The van der Waals surface area contributed by atoms with E-state index in [1.54, 1.807) is 0 Å². The molecular weight excluding hydrogens is 310 g/mol. The molecule has 1 fully saturated rings. The third kappa shape index (κ3) is 4.07. The van der Waals surface area contributed by atoms with Gasteiger partial charge < -0.3 is 5.32 Å². The molecule has 1 atom stereocenters. The number of hydrogen-bond donors (Lipinski definition) is 1. The lowest BCUT2D eigenvalue weighted by Crippen LogP contribution is -2.26. The Morgan fingerprint density at radius 3 is 2.56 bits per heavy atom. The fourth-order valence-electron chi connectivity index (χ4n) is 3.62. The number of pyridine rings is 1. The minimum absolute atomic E-state index is 0.0852. The van der Waals surface area contributed by atoms with Gasteiger partial charge in [0.15, 0.2) is 0 Å². The topological polar surface area (TPSA) is 45.2 Å². The molecule has 0 bridgehead atoms. The molecule has 3 rings (SSSR count). The van der Waals surface area contributed by atoms with Crippen LogP contribution in [0.15, 0.2) is 30.3 Å². The predicted octanol–water partition coefficient (Wildman–Crippen LogP) is 4.24. The van der Waals surface area contributed by atoms with Crippen LogP contribution in [-0.2, 0) is 6.54 Å². The highest BCUT2D eigenvalue weighted by Crippen LogP contribution is 2.21. The SMILES string of the molecule is Cc1cc(C)c(NC(=O)c2ccc(CN3CCC[C@@H]3C)cc2)c(C)n1. The average Bonchev–Trinajstić information content (AvgIpc) is 2.96. The summed E-state index contributed by atoms with van der Waals surface area (Å²) in [6.45, 7) is 10.3. The van der Waals surface area contributed by atoms with Crippen molar-refractivity contribution in [2.45, 2.75) is 53.1 Å². The summed E-state index contributed by atoms with van der Waals surface area (Å²) in [4.78, 5) is 19.5. The first-order valence-electron chi connectivity index (χ1n) is 9.03. The largest absolute Gasteiger partial charge is 0.320 e. The van der Waals surface area contributed by atoms with E-state index in [4.69, 9.17) is 0 Å². The highest BCUT2D eigenvalue weighted by molar-refractivity contribution is 6.04. The lowest BCUT2D eigenvalue weighted by Gasteiger charge is -2.21. The van der Waals surface area contributed by atoms with Gasteiger partial charge in [0.1, 0.15) is 0 Å². The standard InChI is InChI=1S/C21H27N3O/c1-14-12-15(2)22-17(4)20(14)23-21(25)19-9-7-18(8-10-19)13-24-11-5-6-16(24)3/h7-10,12,16H,5-6,11,13H2,1-4H3,(H,23,25)/t16-/m0/s1. The molecule has 4 nitrogen and oxygen atoms in total. The predicted molar refractivity (Wildman–Crippen MR) is 102 cm³/mol. The van der Waals surface area contributed by atoms with Crippen LogP contribution in [0.3, 0.4) is 0 Å². The molecule has 0 saturated carbocycles. The Hall–Kier alpha value is -2.20. The van der Waals surface area contributed by atoms with Gasteiger partial charge in [0.2, 0.25) is 0 Å². The van der Waals surface area contributed by atoms with E-state index in [9.17, 15) is 4.79 Å². The maximum absolute atomic E-state index is 12.6. The molecular formula is C21H27N3O. The van der Waals surface area contributed by atoms with E-state index in [0.29, 0.717) is 11.6 Å². The second-order valence-corrected chi connectivity index (χ2v) is 7.15. The molecule has 0 radical (unpaired) electrons. The molecule has 25 heavy (non-hydrogen) atoms. The molecule has 1 aliphatic heterocycles. The minimum atomic E-state index is -0.0852. The van der Waals surface area contributed by atoms with Crippen LogP contribution < -0.4 is 5.32 Å². The molecule has 1 N–H and O–H groups in total. The van der Waals surface area contributed by atoms with E-state index in [1.165, 1.54) is 24.9 Å². The summed E-state index contributed by atoms with van der Waals surface area (Å²) in [7, 11) is 0. The van der Waals surface area contributed by atoms with E-state index in [1.807, 2.05) is 39.0 Å². The molecule has 2 heterocycles. The molecule has 132 valence electrons. The van der Waals surface area contributed by atoms with Gasteiger partial charge in [-0.15, -0.1) is 0 Å². The van der Waals surface area contributed by atoms with E-state index in [-0.39, 0.29) is 5.91 Å². The van der Waals surface area contributed by atoms with Gasteiger partial charge >= 0.3 is 0 Å². The van der Waals surface area contributed by atoms with Gasteiger partial charge in [-0.3, -0.25) is 14.7 Å². The first-order chi connectivity index (χ1) is 11.9. The van der Waals surface area contributed by atoms with Crippen LogP contribution >= 0.6 is 0 Å². The molecule has 0 unspecified atom stereocenters. The van der Waals surface area contributed by atoms with Crippen molar-refractivity contribution >= 4 is 11.6 Å². The third-order valence-corrected chi connectivity index (χ3v) is 5.06. The van der Waals surface area contributed by atoms with Crippen molar-refractivity contribution in [2.24, 2.45) is 0 Å². The summed E-state index contributed by atoms with van der Waals surface area (Å²) in [5, 5.41) is 3.01. The molecule has 4 heteroatoms. The van der Waals surface area contributed by atoms with Crippen molar-refractivity contribution in [1.82, 2.24) is 9.88 Å². The van der Waals surface area contributed by atoms with Gasteiger partial charge in [0.05, 0.1) is 11.4 Å². The van der Waals surface area contributed by atoms with Crippen molar-refractivity contribution in [3.05, 3.63) is 58.4 Å². The fourth-order valence-corrected chi connectivity index (χ4v) is 3.62. The summed E-state index contributed by atoms with van der Waals surface area (Å²) in [5.74, 6) is -0.0852. The van der Waals surface area contributed by atoms with Crippen molar-refractivity contribution < 1.29 is 4.79 Å². The third-order valence-electron chi connectivity index (χ3n) is 5.06. The molecule has 0 aliphatic carbocycles. The smallest absolute Gasteiger partial charge is 0.255 e. The molecule has 2 aromatic rings. The Bertz CT molecular complexity index is 744. The zero-order valence-electron chi connectivity index (χ0n) is 15.6. The molecule has 1 aromatic carbocycles. The molecule has 1 aliphatic rings. The van der Waals surface area contributed by atoms with Crippen molar-refractivity contribution in [3.8, 4) is 0 Å². The number of nitrogens with one attached hydrogen (secondary N) is 1. The van der Waals surface area contributed by atoms with Gasteiger partial charge in [0.25, 0.3) is 5.91 Å². The highest BCUT2D eigenvalue weighted by Gasteiger charge is 2.20. The zero-order valence-corrected chi connectivity index (χ0v) is 15.6. The monoisotopic (exact) mass is 337 g/mol. The number of carbonyl (C=O) groups excluding carboxylic acids is 1. The van der Waals surface area contributed by atoms with Crippen LogP contribution in [0.2, 0.25) is 0 Å². The molecule has 1 saturated heterocycles. The van der Waals surface area contributed by atoms with Gasteiger partial charge in [0, 0.05) is 23.8 Å². The molecule has 1 aromatic heterocycles. The van der Waals surface area contributed by atoms with Crippen LogP contribution in [-0.4, -0.2) is 28.4 Å². The second kappa shape index (κ2) is 7.36. The van der Waals surface area contributed by atoms with Gasteiger partial charge in [-0.2, -0.15) is 0 Å². The summed E-state index contributed by atoms with van der Waals surface area (Å²) in [5.41, 5.74) is 5.61. The number of amides is 1. The van der Waals surface area contributed by atoms with Crippen molar-refractivity contribution in [3.63, 3.8) is 0 Å².